The molecule has 0 radical (unpaired) electrons. The van der Waals surface area contributed by atoms with Crippen LogP contribution in [0.2, 0.25) is 0 Å². The topological polar surface area (TPSA) is 38.8 Å². The van der Waals surface area contributed by atoms with Crippen molar-refractivity contribution in [2.24, 2.45) is 0 Å². The molecule has 1 aliphatic heterocycles. The molecule has 6 heteroatoms. The summed E-state index contributed by atoms with van der Waals surface area (Å²) in [7, 11) is 1.60. The van der Waals surface area contributed by atoms with Gasteiger partial charge < -0.3 is 9.47 Å². The minimum Gasteiger partial charge on any atom is -0.493 e. The Balaban J connectivity index is 1.81. The molecule has 0 saturated carbocycles. The lowest BCUT2D eigenvalue weighted by Gasteiger charge is -2.14. The van der Waals surface area contributed by atoms with Crippen molar-refractivity contribution in [3.8, 4) is 11.5 Å². The van der Waals surface area contributed by atoms with Crippen LogP contribution in [0, 0.1) is 0 Å². The van der Waals surface area contributed by atoms with Gasteiger partial charge in [0, 0.05) is 0 Å². The first-order valence-corrected chi connectivity index (χ1v) is 9.84. The molecule has 0 unspecified atom stereocenters. The van der Waals surface area contributed by atoms with Gasteiger partial charge in [0.25, 0.3) is 5.91 Å². The van der Waals surface area contributed by atoms with Crippen molar-refractivity contribution in [2.45, 2.75) is 26.5 Å². The molecule has 140 valence electrons. The monoisotopic (exact) mass is 399 g/mol. The molecule has 2 aromatic rings. The lowest BCUT2D eigenvalue weighted by Crippen LogP contribution is -2.27. The minimum atomic E-state index is -0.0738. The lowest BCUT2D eigenvalue weighted by molar-refractivity contribution is -0.122. The van der Waals surface area contributed by atoms with Crippen LogP contribution in [-0.2, 0) is 11.3 Å². The number of thiocarbonyl (C=S) groups is 1. The maximum Gasteiger partial charge on any atom is 0.266 e. The average Bonchev–Trinajstić information content (AvgIpc) is 2.91. The number of carbonyl (C=O) groups is 1. The summed E-state index contributed by atoms with van der Waals surface area (Å²) >= 11 is 6.73. The van der Waals surface area contributed by atoms with Gasteiger partial charge in [-0.15, -0.1) is 0 Å². The summed E-state index contributed by atoms with van der Waals surface area (Å²) < 4.78 is 11.7. The lowest BCUT2D eigenvalue weighted by atomic mass is 10.1. The molecule has 0 bridgehead atoms. The standard InChI is InChI=1S/C21H21NO3S2/c1-14(2)25-17-10-9-16(11-18(17)24-3)12-19-20(23)22(21(26)27-19)13-15-7-5-4-6-8-15/h4-12,14H,13H2,1-3H3/b19-12-. The normalized spacial score (nSPS) is 15.7. The molecule has 0 spiro atoms. The van der Waals surface area contributed by atoms with Crippen molar-refractivity contribution in [1.29, 1.82) is 0 Å². The Morgan fingerprint density at radius 3 is 2.56 bits per heavy atom. The van der Waals surface area contributed by atoms with E-state index >= 15 is 0 Å². The van der Waals surface area contributed by atoms with Crippen LogP contribution in [0.5, 0.6) is 11.5 Å². The van der Waals surface area contributed by atoms with E-state index in [1.54, 1.807) is 12.0 Å². The molecule has 1 fully saturated rings. The Hall–Kier alpha value is -2.31. The summed E-state index contributed by atoms with van der Waals surface area (Å²) in [6.07, 6.45) is 1.89. The van der Waals surface area contributed by atoms with Gasteiger partial charge in [0.1, 0.15) is 4.32 Å². The number of benzene rings is 2. The minimum absolute atomic E-state index is 0.0546. The van der Waals surface area contributed by atoms with Crippen molar-refractivity contribution >= 4 is 40.3 Å². The highest BCUT2D eigenvalue weighted by Crippen LogP contribution is 2.35. The molecule has 1 aliphatic rings. The molecule has 0 aromatic heterocycles. The summed E-state index contributed by atoms with van der Waals surface area (Å²) in [4.78, 5) is 15.0. The van der Waals surface area contributed by atoms with Gasteiger partial charge in [-0.1, -0.05) is 60.4 Å². The van der Waals surface area contributed by atoms with E-state index in [2.05, 4.69) is 0 Å². The Labute approximate surface area is 169 Å². The van der Waals surface area contributed by atoms with Crippen LogP contribution in [0.25, 0.3) is 6.08 Å². The van der Waals surface area contributed by atoms with E-state index in [9.17, 15) is 4.79 Å². The molecule has 3 rings (SSSR count). The van der Waals surface area contributed by atoms with Crippen molar-refractivity contribution in [1.82, 2.24) is 4.90 Å². The van der Waals surface area contributed by atoms with Crippen molar-refractivity contribution in [2.75, 3.05) is 7.11 Å². The smallest absolute Gasteiger partial charge is 0.266 e. The van der Waals surface area contributed by atoms with Crippen LogP contribution in [-0.4, -0.2) is 28.3 Å². The quantitative estimate of drug-likeness (QED) is 0.511. The zero-order valence-corrected chi connectivity index (χ0v) is 17.1. The molecule has 27 heavy (non-hydrogen) atoms. The third kappa shape index (κ3) is 4.70. The molecular weight excluding hydrogens is 378 g/mol. The molecule has 0 N–H and O–H groups in total. The highest BCUT2D eigenvalue weighted by atomic mass is 32.2. The summed E-state index contributed by atoms with van der Waals surface area (Å²) in [6, 6.07) is 15.5. The van der Waals surface area contributed by atoms with Gasteiger partial charge in [-0.3, -0.25) is 9.69 Å². The fourth-order valence-corrected chi connectivity index (χ4v) is 3.93. The summed E-state index contributed by atoms with van der Waals surface area (Å²) in [5, 5.41) is 0. The first kappa shape index (κ1) is 19.5. The second-order valence-corrected chi connectivity index (χ2v) is 8.01. The molecule has 2 aromatic carbocycles. The second kappa shape index (κ2) is 8.59. The molecule has 1 amide bonds. The maximum absolute atomic E-state index is 12.8. The summed E-state index contributed by atoms with van der Waals surface area (Å²) in [5.74, 6) is 1.24. The number of hydrogen-bond donors (Lipinski definition) is 0. The predicted octanol–water partition coefficient (Wildman–Crippen LogP) is 4.88. The molecule has 0 atom stereocenters. The number of rotatable bonds is 6. The zero-order chi connectivity index (χ0) is 19.4. The van der Waals surface area contributed by atoms with E-state index in [1.165, 1.54) is 11.8 Å². The third-order valence-corrected chi connectivity index (χ3v) is 5.28. The predicted molar refractivity (Wildman–Crippen MR) is 114 cm³/mol. The highest BCUT2D eigenvalue weighted by Gasteiger charge is 2.32. The van der Waals surface area contributed by atoms with E-state index in [1.807, 2.05) is 68.5 Å². The fraction of sp³-hybridized carbons (Fsp3) is 0.238. The fourth-order valence-electron chi connectivity index (χ4n) is 2.68. The summed E-state index contributed by atoms with van der Waals surface area (Å²) in [5.41, 5.74) is 1.91. The number of methoxy groups -OCH3 is 1. The molecular formula is C21H21NO3S2. The van der Waals surface area contributed by atoms with Crippen LogP contribution >= 0.6 is 24.0 Å². The van der Waals surface area contributed by atoms with Crippen LogP contribution < -0.4 is 9.47 Å². The van der Waals surface area contributed by atoms with E-state index in [0.29, 0.717) is 27.3 Å². The van der Waals surface area contributed by atoms with Gasteiger partial charge in [-0.05, 0) is 43.2 Å². The van der Waals surface area contributed by atoms with E-state index in [4.69, 9.17) is 21.7 Å². The van der Waals surface area contributed by atoms with Crippen LogP contribution in [0.1, 0.15) is 25.0 Å². The molecule has 1 heterocycles. The number of nitrogens with zero attached hydrogens (tertiary/aromatic N) is 1. The Morgan fingerprint density at radius 2 is 1.89 bits per heavy atom. The zero-order valence-electron chi connectivity index (χ0n) is 15.5. The van der Waals surface area contributed by atoms with Gasteiger partial charge in [0.15, 0.2) is 11.5 Å². The summed E-state index contributed by atoms with van der Waals surface area (Å²) in [6.45, 7) is 4.41. The van der Waals surface area contributed by atoms with Gasteiger partial charge >= 0.3 is 0 Å². The molecule has 4 nitrogen and oxygen atoms in total. The highest BCUT2D eigenvalue weighted by molar-refractivity contribution is 8.26. The molecule has 1 saturated heterocycles. The van der Waals surface area contributed by atoms with Crippen molar-refractivity contribution in [3.63, 3.8) is 0 Å². The first-order chi connectivity index (χ1) is 13.0. The van der Waals surface area contributed by atoms with Crippen molar-refractivity contribution < 1.29 is 14.3 Å². The number of amides is 1. The number of carbonyl (C=O) groups excluding carboxylic acids is 1. The number of ether oxygens (including phenoxy) is 2. The Morgan fingerprint density at radius 1 is 1.15 bits per heavy atom. The first-order valence-electron chi connectivity index (χ1n) is 8.62. The number of thioether (sulfide) groups is 1. The molecule has 0 aliphatic carbocycles. The third-order valence-electron chi connectivity index (χ3n) is 3.91. The van der Waals surface area contributed by atoms with Gasteiger partial charge in [-0.25, -0.2) is 0 Å². The van der Waals surface area contributed by atoms with Gasteiger partial charge in [0.05, 0.1) is 24.7 Å². The van der Waals surface area contributed by atoms with Crippen LogP contribution in [0.4, 0.5) is 0 Å². The number of hydrogen-bond acceptors (Lipinski definition) is 5. The average molecular weight is 400 g/mol. The largest absolute Gasteiger partial charge is 0.493 e. The van der Waals surface area contributed by atoms with E-state index in [0.717, 1.165) is 11.1 Å². The second-order valence-electron chi connectivity index (χ2n) is 6.33. The Kier molecular flexibility index (Phi) is 6.19. The van der Waals surface area contributed by atoms with Crippen LogP contribution in [0.15, 0.2) is 53.4 Å². The van der Waals surface area contributed by atoms with E-state index in [-0.39, 0.29) is 12.0 Å². The van der Waals surface area contributed by atoms with Gasteiger partial charge in [-0.2, -0.15) is 0 Å². The maximum atomic E-state index is 12.8. The Bertz CT molecular complexity index is 878. The van der Waals surface area contributed by atoms with Gasteiger partial charge in [0.2, 0.25) is 0 Å². The SMILES string of the molecule is COc1cc(/C=C2\SC(=S)N(Cc3ccccc3)C2=O)ccc1OC(C)C. The van der Waals surface area contributed by atoms with Crippen LogP contribution in [0.3, 0.4) is 0 Å². The van der Waals surface area contributed by atoms with E-state index < -0.39 is 0 Å². The van der Waals surface area contributed by atoms with Crippen molar-refractivity contribution in [3.05, 3.63) is 64.6 Å².